The molecular weight excluding hydrogens is 140 g/mol. The Balaban J connectivity index is 2.06. The molecule has 0 aromatic heterocycles. The Morgan fingerprint density at radius 2 is 2.36 bits per heavy atom. The van der Waals surface area contributed by atoms with Gasteiger partial charge in [0.1, 0.15) is 0 Å². The molecule has 1 saturated heterocycles. The number of nitrogens with zero attached hydrogens (tertiary/aromatic N) is 2. The molecule has 1 heterocycles. The lowest BCUT2D eigenvalue weighted by atomic mass is 9.92. The minimum Gasteiger partial charge on any atom is -0.260 e. The minimum absolute atomic E-state index is 0.466. The third kappa shape index (κ3) is 0.798. The first-order valence-electron chi connectivity index (χ1n) is 4.27. The molecule has 3 nitrogen and oxygen atoms in total. The van der Waals surface area contributed by atoms with E-state index in [4.69, 9.17) is 0 Å². The molecule has 0 spiro atoms. The Morgan fingerprint density at radius 1 is 1.64 bits per heavy atom. The van der Waals surface area contributed by atoms with Crippen molar-refractivity contribution in [3.8, 4) is 0 Å². The number of nitroso groups, excluding NO2 is 1. The average molecular weight is 154 g/mol. The van der Waals surface area contributed by atoms with Crippen LogP contribution in [-0.2, 0) is 0 Å². The summed E-state index contributed by atoms with van der Waals surface area (Å²) in [5.74, 6) is 1.47. The number of hydrogen-bond donors (Lipinski definition) is 0. The van der Waals surface area contributed by atoms with Gasteiger partial charge in [0, 0.05) is 13.1 Å². The van der Waals surface area contributed by atoms with Gasteiger partial charge < -0.3 is 0 Å². The summed E-state index contributed by atoms with van der Waals surface area (Å²) in [4.78, 5) is 10.2. The summed E-state index contributed by atoms with van der Waals surface area (Å²) >= 11 is 0. The molecule has 0 aromatic rings. The fourth-order valence-corrected chi connectivity index (χ4v) is 2.45. The second kappa shape index (κ2) is 1.96. The van der Waals surface area contributed by atoms with Crippen LogP contribution in [-0.4, -0.2) is 18.1 Å². The van der Waals surface area contributed by atoms with E-state index < -0.39 is 0 Å². The predicted molar refractivity (Wildman–Crippen MR) is 42.7 cm³/mol. The van der Waals surface area contributed by atoms with Gasteiger partial charge in [0.25, 0.3) is 0 Å². The van der Waals surface area contributed by atoms with Crippen molar-refractivity contribution >= 4 is 0 Å². The van der Waals surface area contributed by atoms with Crippen LogP contribution in [0.4, 0.5) is 0 Å². The van der Waals surface area contributed by atoms with E-state index in [1.54, 1.807) is 5.01 Å². The smallest absolute Gasteiger partial charge is 0.0524 e. The van der Waals surface area contributed by atoms with E-state index >= 15 is 0 Å². The standard InChI is InChI=1S/C8H14N2O/c1-6(2)8-3-7(8)4-10(5-8)9-11/h6-7H,3-5H2,1-2H3/t7-,8+/m0/s1. The third-order valence-electron chi connectivity index (χ3n) is 3.45. The maximum absolute atomic E-state index is 10.2. The van der Waals surface area contributed by atoms with Crippen molar-refractivity contribution < 1.29 is 0 Å². The Morgan fingerprint density at radius 3 is 2.73 bits per heavy atom. The highest BCUT2D eigenvalue weighted by Gasteiger charge is 2.61. The molecule has 0 N–H and O–H groups in total. The summed E-state index contributed by atoms with van der Waals surface area (Å²) in [6.45, 7) is 6.29. The van der Waals surface area contributed by atoms with Crippen molar-refractivity contribution in [1.82, 2.24) is 5.01 Å². The highest BCUT2D eigenvalue weighted by atomic mass is 16.3. The molecule has 1 aliphatic carbocycles. The summed E-state index contributed by atoms with van der Waals surface area (Å²) in [6, 6.07) is 0. The van der Waals surface area contributed by atoms with Crippen molar-refractivity contribution in [2.24, 2.45) is 22.5 Å². The van der Waals surface area contributed by atoms with Crippen LogP contribution < -0.4 is 0 Å². The van der Waals surface area contributed by atoms with E-state index in [0.717, 1.165) is 19.0 Å². The molecule has 2 atom stereocenters. The van der Waals surface area contributed by atoms with Gasteiger partial charge in [-0.25, -0.2) is 0 Å². The molecule has 11 heavy (non-hydrogen) atoms. The summed E-state index contributed by atoms with van der Waals surface area (Å²) in [5, 5.41) is 4.65. The van der Waals surface area contributed by atoms with Gasteiger partial charge >= 0.3 is 0 Å². The van der Waals surface area contributed by atoms with Crippen LogP contribution in [0.3, 0.4) is 0 Å². The molecular formula is C8H14N2O. The molecule has 0 amide bonds. The van der Waals surface area contributed by atoms with E-state index in [9.17, 15) is 4.91 Å². The van der Waals surface area contributed by atoms with Crippen LogP contribution >= 0.6 is 0 Å². The highest BCUT2D eigenvalue weighted by Crippen LogP contribution is 2.62. The molecule has 62 valence electrons. The van der Waals surface area contributed by atoms with Gasteiger partial charge in [-0.05, 0) is 23.7 Å². The molecule has 1 saturated carbocycles. The largest absolute Gasteiger partial charge is 0.260 e. The number of piperidine rings is 1. The van der Waals surface area contributed by atoms with Crippen LogP contribution in [0.25, 0.3) is 0 Å². The SMILES string of the molecule is CC(C)[C@]12C[C@H]1CN(N=O)C2. The molecule has 0 bridgehead atoms. The molecule has 0 unspecified atom stereocenters. The Bertz CT molecular complexity index is 193. The van der Waals surface area contributed by atoms with E-state index in [1.807, 2.05) is 0 Å². The van der Waals surface area contributed by atoms with Gasteiger partial charge in [0.15, 0.2) is 0 Å². The number of fused-ring (bicyclic) bond motifs is 1. The number of rotatable bonds is 2. The van der Waals surface area contributed by atoms with Gasteiger partial charge in [0.05, 0.1) is 5.29 Å². The summed E-state index contributed by atoms with van der Waals surface area (Å²) in [5.41, 5.74) is 0.466. The van der Waals surface area contributed by atoms with E-state index in [0.29, 0.717) is 11.3 Å². The van der Waals surface area contributed by atoms with Gasteiger partial charge in [-0.15, -0.1) is 4.91 Å². The Kier molecular flexibility index (Phi) is 1.26. The van der Waals surface area contributed by atoms with E-state index in [2.05, 4.69) is 19.1 Å². The van der Waals surface area contributed by atoms with Gasteiger partial charge in [-0.3, -0.25) is 5.01 Å². The quantitative estimate of drug-likeness (QED) is 0.566. The molecule has 0 aromatic carbocycles. The predicted octanol–water partition coefficient (Wildman–Crippen LogP) is 1.65. The second-order valence-corrected chi connectivity index (χ2v) is 4.22. The van der Waals surface area contributed by atoms with Crippen LogP contribution in [0, 0.1) is 22.2 Å². The normalized spacial score (nSPS) is 41.0. The van der Waals surface area contributed by atoms with E-state index in [-0.39, 0.29) is 0 Å². The van der Waals surface area contributed by atoms with Crippen molar-refractivity contribution in [2.75, 3.05) is 13.1 Å². The monoisotopic (exact) mass is 154 g/mol. The van der Waals surface area contributed by atoms with Crippen LogP contribution in [0.15, 0.2) is 5.29 Å². The topological polar surface area (TPSA) is 32.7 Å². The fraction of sp³-hybridized carbons (Fsp3) is 1.00. The second-order valence-electron chi connectivity index (χ2n) is 4.22. The maximum Gasteiger partial charge on any atom is 0.0524 e. The highest BCUT2D eigenvalue weighted by molar-refractivity contribution is 5.10. The first-order valence-corrected chi connectivity index (χ1v) is 4.27. The molecule has 2 fully saturated rings. The number of hydrogen-bond acceptors (Lipinski definition) is 2. The Hall–Kier alpha value is -0.600. The lowest BCUT2D eigenvalue weighted by Crippen LogP contribution is -2.21. The van der Waals surface area contributed by atoms with E-state index in [1.165, 1.54) is 6.42 Å². The molecule has 2 rings (SSSR count). The van der Waals surface area contributed by atoms with Crippen LogP contribution in [0.1, 0.15) is 20.3 Å². The molecule has 1 aliphatic heterocycles. The zero-order valence-corrected chi connectivity index (χ0v) is 7.08. The Labute approximate surface area is 66.7 Å². The van der Waals surface area contributed by atoms with Crippen molar-refractivity contribution in [2.45, 2.75) is 20.3 Å². The van der Waals surface area contributed by atoms with Gasteiger partial charge in [0.2, 0.25) is 0 Å². The summed E-state index contributed by atoms with van der Waals surface area (Å²) in [7, 11) is 0. The lowest BCUT2D eigenvalue weighted by molar-refractivity contribution is 0.256. The fourth-order valence-electron chi connectivity index (χ4n) is 2.45. The van der Waals surface area contributed by atoms with Gasteiger partial charge in [-0.1, -0.05) is 13.8 Å². The molecule has 3 heteroatoms. The summed E-state index contributed by atoms with van der Waals surface area (Å²) < 4.78 is 0. The molecule has 2 aliphatic rings. The van der Waals surface area contributed by atoms with Crippen molar-refractivity contribution in [3.05, 3.63) is 4.91 Å². The first kappa shape index (κ1) is 7.07. The zero-order valence-electron chi connectivity index (χ0n) is 7.08. The minimum atomic E-state index is 0.466. The lowest BCUT2D eigenvalue weighted by Gasteiger charge is -2.18. The van der Waals surface area contributed by atoms with Gasteiger partial charge in [-0.2, -0.15) is 0 Å². The summed E-state index contributed by atoms with van der Waals surface area (Å²) in [6.07, 6.45) is 1.32. The average Bonchev–Trinajstić information content (AvgIpc) is 2.56. The maximum atomic E-state index is 10.2. The third-order valence-corrected chi connectivity index (χ3v) is 3.45. The molecule has 0 radical (unpaired) electrons. The zero-order chi connectivity index (χ0) is 8.06. The van der Waals surface area contributed by atoms with Crippen molar-refractivity contribution in [1.29, 1.82) is 0 Å². The van der Waals surface area contributed by atoms with Crippen molar-refractivity contribution in [3.63, 3.8) is 0 Å². The first-order chi connectivity index (χ1) is 5.19. The van der Waals surface area contributed by atoms with Crippen LogP contribution in [0.2, 0.25) is 0 Å². The van der Waals surface area contributed by atoms with Crippen LogP contribution in [0.5, 0.6) is 0 Å².